The summed E-state index contributed by atoms with van der Waals surface area (Å²) in [4.78, 5) is 16.1. The summed E-state index contributed by atoms with van der Waals surface area (Å²) >= 11 is 0. The van der Waals surface area contributed by atoms with Gasteiger partial charge in [0.25, 0.3) is 0 Å². The third kappa shape index (κ3) is 4.50. The van der Waals surface area contributed by atoms with Crippen LogP contribution >= 0.6 is 0 Å². The number of aromatic nitrogens is 1. The summed E-state index contributed by atoms with van der Waals surface area (Å²) in [6, 6.07) is 19.1. The van der Waals surface area contributed by atoms with E-state index >= 15 is 0 Å². The van der Waals surface area contributed by atoms with Crippen molar-refractivity contribution in [1.29, 1.82) is 0 Å². The van der Waals surface area contributed by atoms with Crippen molar-refractivity contribution in [3.63, 3.8) is 0 Å². The Balaban J connectivity index is 1.68. The van der Waals surface area contributed by atoms with E-state index in [1.165, 1.54) is 12.1 Å². The average Bonchev–Trinajstić information content (AvgIpc) is 3.21. The Morgan fingerprint density at radius 2 is 1.81 bits per heavy atom. The maximum Gasteiger partial charge on any atom is 0.221 e. The monoisotopic (exact) mass is 418 g/mol. The molecule has 158 valence electrons. The molecule has 31 heavy (non-hydrogen) atoms. The fourth-order valence-electron chi connectivity index (χ4n) is 4.05. The lowest BCUT2D eigenvalue weighted by Gasteiger charge is -2.18. The van der Waals surface area contributed by atoms with Crippen molar-refractivity contribution in [3.8, 4) is 0 Å². The smallest absolute Gasteiger partial charge is 0.221 e. The molecule has 4 aromatic rings. The molecule has 3 nitrogen and oxygen atoms in total. The van der Waals surface area contributed by atoms with E-state index in [1.807, 2.05) is 54.7 Å². The highest BCUT2D eigenvalue weighted by Crippen LogP contribution is 2.36. The highest BCUT2D eigenvalue weighted by Gasteiger charge is 2.24. The topological polar surface area (TPSA) is 44.9 Å². The van der Waals surface area contributed by atoms with Gasteiger partial charge in [-0.25, -0.2) is 8.78 Å². The number of nitrogens with one attached hydrogen (secondary N) is 2. The van der Waals surface area contributed by atoms with Gasteiger partial charge in [0, 0.05) is 42.0 Å². The molecule has 0 bridgehead atoms. The summed E-state index contributed by atoms with van der Waals surface area (Å²) in [5.41, 5.74) is 4.25. The summed E-state index contributed by atoms with van der Waals surface area (Å²) in [6.45, 7) is 2.47. The summed E-state index contributed by atoms with van der Waals surface area (Å²) in [5, 5.41) is 3.87. The van der Waals surface area contributed by atoms with Gasteiger partial charge in [-0.05, 0) is 34.7 Å². The van der Waals surface area contributed by atoms with E-state index < -0.39 is 17.6 Å². The first-order valence-electron chi connectivity index (χ1n) is 10.4. The van der Waals surface area contributed by atoms with Crippen LogP contribution in [0.1, 0.15) is 41.5 Å². The Morgan fingerprint density at radius 3 is 2.55 bits per heavy atom. The number of rotatable bonds is 7. The fraction of sp³-hybridized carbons (Fsp3) is 0.192. The third-order valence-corrected chi connectivity index (χ3v) is 5.65. The Labute approximate surface area is 180 Å². The molecule has 0 radical (unpaired) electrons. The summed E-state index contributed by atoms with van der Waals surface area (Å²) < 4.78 is 28.3. The van der Waals surface area contributed by atoms with Crippen LogP contribution in [-0.2, 0) is 17.8 Å². The number of amides is 1. The van der Waals surface area contributed by atoms with Crippen LogP contribution in [0.2, 0.25) is 0 Å². The summed E-state index contributed by atoms with van der Waals surface area (Å²) in [5.74, 6) is -2.03. The van der Waals surface area contributed by atoms with E-state index in [2.05, 4.69) is 17.2 Å². The lowest BCUT2D eigenvalue weighted by molar-refractivity contribution is -0.121. The molecule has 1 aromatic heterocycles. The van der Waals surface area contributed by atoms with E-state index in [4.69, 9.17) is 0 Å². The molecule has 0 fully saturated rings. The second-order valence-electron chi connectivity index (χ2n) is 7.62. The van der Waals surface area contributed by atoms with Gasteiger partial charge in [0.2, 0.25) is 5.91 Å². The zero-order valence-electron chi connectivity index (χ0n) is 17.3. The van der Waals surface area contributed by atoms with Gasteiger partial charge in [-0.3, -0.25) is 4.79 Å². The van der Waals surface area contributed by atoms with Crippen LogP contribution in [0.25, 0.3) is 10.9 Å². The van der Waals surface area contributed by atoms with Crippen molar-refractivity contribution in [2.75, 3.05) is 0 Å². The molecule has 0 aliphatic carbocycles. The predicted octanol–water partition coefficient (Wildman–Crippen LogP) is 5.85. The number of halogens is 2. The van der Waals surface area contributed by atoms with Crippen LogP contribution in [0.15, 0.2) is 72.9 Å². The van der Waals surface area contributed by atoms with Gasteiger partial charge in [0.05, 0.1) is 0 Å². The molecule has 2 N–H and O–H groups in total. The average molecular weight is 418 g/mol. The number of hydrogen-bond donors (Lipinski definition) is 2. The van der Waals surface area contributed by atoms with Crippen molar-refractivity contribution in [2.24, 2.45) is 0 Å². The Morgan fingerprint density at radius 1 is 1.00 bits per heavy atom. The summed E-state index contributed by atoms with van der Waals surface area (Å²) in [6.07, 6.45) is 2.74. The molecule has 4 rings (SSSR count). The van der Waals surface area contributed by atoms with Crippen LogP contribution in [0.5, 0.6) is 0 Å². The maximum atomic E-state index is 14.8. The second-order valence-corrected chi connectivity index (χ2v) is 7.62. The molecule has 1 unspecified atom stereocenters. The normalized spacial score (nSPS) is 12.1. The Kier molecular flexibility index (Phi) is 6.12. The van der Waals surface area contributed by atoms with Crippen LogP contribution in [0.3, 0.4) is 0 Å². The van der Waals surface area contributed by atoms with Crippen LogP contribution in [0.4, 0.5) is 8.78 Å². The minimum atomic E-state index is -0.651. The van der Waals surface area contributed by atoms with Gasteiger partial charge < -0.3 is 10.3 Å². The second kappa shape index (κ2) is 9.13. The highest BCUT2D eigenvalue weighted by molar-refractivity contribution is 5.88. The SMILES string of the molecule is CCc1cccc2c(C(CC(=O)NCc3ccccc3)c3ccc(F)cc3F)c[nH]c12. The number of aromatic amines is 1. The number of fused-ring (bicyclic) bond motifs is 1. The van der Waals surface area contributed by atoms with Gasteiger partial charge in [0.1, 0.15) is 11.6 Å². The molecule has 0 saturated carbocycles. The maximum absolute atomic E-state index is 14.8. The number of H-pyrrole nitrogens is 1. The lowest BCUT2D eigenvalue weighted by Crippen LogP contribution is -2.25. The standard InChI is InChI=1S/C26H24F2N2O/c1-2-18-9-6-10-21-23(16-30-26(18)21)22(20-12-11-19(27)13-24(20)28)14-25(31)29-15-17-7-4-3-5-8-17/h3-13,16,22,30H,2,14-15H2,1H3,(H,29,31). The number of carbonyl (C=O) groups excluding carboxylic acids is 1. The van der Waals surface area contributed by atoms with E-state index in [1.54, 1.807) is 0 Å². The molecule has 3 aromatic carbocycles. The Bertz CT molecular complexity index is 1200. The zero-order valence-corrected chi connectivity index (χ0v) is 17.3. The number of aryl methyl sites for hydroxylation is 1. The molecule has 1 atom stereocenters. The molecule has 0 aliphatic heterocycles. The van der Waals surface area contributed by atoms with Crippen LogP contribution < -0.4 is 5.32 Å². The zero-order chi connectivity index (χ0) is 21.8. The molecule has 0 saturated heterocycles. The largest absolute Gasteiger partial charge is 0.361 e. The van der Waals surface area contributed by atoms with Crippen molar-refractivity contribution in [3.05, 3.63) is 107 Å². The first-order chi connectivity index (χ1) is 15.1. The third-order valence-electron chi connectivity index (χ3n) is 5.65. The van der Waals surface area contributed by atoms with E-state index in [9.17, 15) is 13.6 Å². The minimum absolute atomic E-state index is 0.0543. The first kappa shape index (κ1) is 20.8. The quantitative estimate of drug-likeness (QED) is 0.389. The van der Waals surface area contributed by atoms with Crippen molar-refractivity contribution >= 4 is 16.8 Å². The molecular formula is C26H24F2N2O. The highest BCUT2D eigenvalue weighted by atomic mass is 19.1. The van der Waals surface area contributed by atoms with Crippen molar-refractivity contribution < 1.29 is 13.6 Å². The Hall–Kier alpha value is -3.47. The summed E-state index contributed by atoms with van der Waals surface area (Å²) in [7, 11) is 0. The van der Waals surface area contributed by atoms with Gasteiger partial charge in [-0.2, -0.15) is 0 Å². The van der Waals surface area contributed by atoms with Crippen LogP contribution in [-0.4, -0.2) is 10.9 Å². The van der Waals surface area contributed by atoms with E-state index in [0.717, 1.165) is 40.1 Å². The lowest BCUT2D eigenvalue weighted by atomic mass is 9.87. The predicted molar refractivity (Wildman–Crippen MR) is 119 cm³/mol. The number of carbonyl (C=O) groups is 1. The van der Waals surface area contributed by atoms with Crippen molar-refractivity contribution in [1.82, 2.24) is 10.3 Å². The number of hydrogen-bond acceptors (Lipinski definition) is 1. The van der Waals surface area contributed by atoms with E-state index in [0.29, 0.717) is 12.1 Å². The van der Waals surface area contributed by atoms with Gasteiger partial charge in [-0.1, -0.05) is 61.5 Å². The minimum Gasteiger partial charge on any atom is -0.361 e. The van der Waals surface area contributed by atoms with Gasteiger partial charge >= 0.3 is 0 Å². The first-order valence-corrected chi connectivity index (χ1v) is 10.4. The van der Waals surface area contributed by atoms with Gasteiger partial charge in [0.15, 0.2) is 0 Å². The van der Waals surface area contributed by atoms with Gasteiger partial charge in [-0.15, -0.1) is 0 Å². The van der Waals surface area contributed by atoms with E-state index in [-0.39, 0.29) is 12.3 Å². The molecule has 5 heteroatoms. The van der Waals surface area contributed by atoms with Crippen LogP contribution in [0, 0.1) is 11.6 Å². The molecular weight excluding hydrogens is 394 g/mol. The molecule has 0 spiro atoms. The molecule has 0 aliphatic rings. The molecule has 1 heterocycles. The van der Waals surface area contributed by atoms with Crippen molar-refractivity contribution in [2.45, 2.75) is 32.2 Å². The number of para-hydroxylation sites is 1. The number of benzene rings is 3. The fourth-order valence-corrected chi connectivity index (χ4v) is 4.05. The molecule has 1 amide bonds.